The average molecular weight is 150 g/mol. The van der Waals surface area contributed by atoms with Crippen LogP contribution >= 0.6 is 15.9 Å². The van der Waals surface area contributed by atoms with Crippen LogP contribution in [-0.4, -0.2) is 11.4 Å². The fourth-order valence-electron chi connectivity index (χ4n) is 0.365. The van der Waals surface area contributed by atoms with Crippen LogP contribution in [0.3, 0.4) is 0 Å². The molecule has 1 fully saturated rings. The molecule has 35 valence electrons. The van der Waals surface area contributed by atoms with Gasteiger partial charge in [-0.15, -0.1) is 0 Å². The Balaban J connectivity index is 2.18. The van der Waals surface area contributed by atoms with Crippen molar-refractivity contribution < 1.29 is 0 Å². The zero-order valence-corrected chi connectivity index (χ0v) is 4.83. The van der Waals surface area contributed by atoms with Crippen molar-refractivity contribution in [3.63, 3.8) is 0 Å². The number of rotatable bonds is 0. The third kappa shape index (κ3) is 0.929. The Labute approximate surface area is 45.4 Å². The van der Waals surface area contributed by atoms with Crippen molar-refractivity contribution in [1.82, 2.24) is 10.9 Å². The van der Waals surface area contributed by atoms with E-state index in [2.05, 4.69) is 26.8 Å². The van der Waals surface area contributed by atoms with E-state index in [1.807, 2.05) is 6.54 Å². The lowest BCUT2D eigenvalue weighted by molar-refractivity contribution is 0.720. The first-order valence-electron chi connectivity index (χ1n) is 1.85. The molecule has 1 atom stereocenters. The Morgan fingerprint density at radius 2 is 2.67 bits per heavy atom. The van der Waals surface area contributed by atoms with Gasteiger partial charge in [-0.2, -0.15) is 0 Å². The van der Waals surface area contributed by atoms with Gasteiger partial charge >= 0.3 is 0 Å². The van der Waals surface area contributed by atoms with Gasteiger partial charge in [-0.1, -0.05) is 15.9 Å². The number of nitrogens with one attached hydrogen (secondary N) is 2. The molecule has 0 aromatic rings. The van der Waals surface area contributed by atoms with Crippen molar-refractivity contribution in [3.05, 3.63) is 6.54 Å². The van der Waals surface area contributed by atoms with E-state index in [-0.39, 0.29) is 0 Å². The number of hydrogen-bond donors (Lipinski definition) is 2. The Bertz CT molecular complexity index is 42.1. The molecular formula is C3H6BrN2. The maximum absolute atomic E-state index is 3.36. The topological polar surface area (TPSA) is 24.1 Å². The monoisotopic (exact) mass is 149 g/mol. The molecule has 1 aliphatic heterocycles. The molecule has 0 amide bonds. The van der Waals surface area contributed by atoms with Gasteiger partial charge in [-0.3, -0.25) is 10.9 Å². The van der Waals surface area contributed by atoms with E-state index < -0.39 is 0 Å². The molecule has 1 radical (unpaired) electrons. The highest BCUT2D eigenvalue weighted by Gasteiger charge is 2.08. The summed E-state index contributed by atoms with van der Waals surface area (Å²) in [7, 11) is 0. The second kappa shape index (κ2) is 1.91. The van der Waals surface area contributed by atoms with Crippen LogP contribution in [0.5, 0.6) is 0 Å². The predicted octanol–water partition coefficient (Wildman–Crippen LogP) is 0.0195. The van der Waals surface area contributed by atoms with Gasteiger partial charge in [0.2, 0.25) is 0 Å². The molecule has 1 heterocycles. The molecule has 0 aromatic carbocycles. The summed E-state index contributed by atoms with van der Waals surface area (Å²) in [5.41, 5.74) is 5.77. The Hall–Kier alpha value is 0.400. The zero-order chi connectivity index (χ0) is 4.41. The molecule has 0 saturated carbocycles. The molecule has 0 aromatic heterocycles. The quantitative estimate of drug-likeness (QED) is 0.475. The first kappa shape index (κ1) is 4.56. The van der Waals surface area contributed by atoms with Crippen molar-refractivity contribution in [2.75, 3.05) is 6.54 Å². The lowest BCUT2D eigenvalue weighted by Crippen LogP contribution is -2.19. The van der Waals surface area contributed by atoms with Gasteiger partial charge in [0.1, 0.15) is 0 Å². The lowest BCUT2D eigenvalue weighted by atomic mass is 10.5. The summed E-state index contributed by atoms with van der Waals surface area (Å²) in [5, 5.41) is 0. The van der Waals surface area contributed by atoms with E-state index in [1.54, 1.807) is 0 Å². The maximum atomic E-state index is 3.36. The highest BCUT2D eigenvalue weighted by molar-refractivity contribution is 9.09. The molecule has 0 bridgehead atoms. The van der Waals surface area contributed by atoms with Gasteiger partial charge in [0.05, 0.1) is 6.54 Å². The van der Waals surface area contributed by atoms with Gasteiger partial charge in [0.25, 0.3) is 0 Å². The lowest BCUT2D eigenvalue weighted by Gasteiger charge is -1.85. The maximum Gasteiger partial charge on any atom is 0.0529 e. The minimum absolute atomic E-state index is 0.512. The van der Waals surface area contributed by atoms with Crippen molar-refractivity contribution in [2.45, 2.75) is 4.83 Å². The van der Waals surface area contributed by atoms with Crippen molar-refractivity contribution in [3.8, 4) is 0 Å². The Morgan fingerprint density at radius 3 is 2.83 bits per heavy atom. The SMILES string of the molecule is BrC1[CH]NNC1. The minimum Gasteiger partial charge on any atom is -0.256 e. The Morgan fingerprint density at radius 1 is 1.83 bits per heavy atom. The number of hydrogen-bond acceptors (Lipinski definition) is 2. The molecule has 1 unspecified atom stereocenters. The summed E-state index contributed by atoms with van der Waals surface area (Å²) < 4.78 is 0. The van der Waals surface area contributed by atoms with Crippen molar-refractivity contribution in [2.24, 2.45) is 0 Å². The molecule has 2 N–H and O–H groups in total. The molecule has 0 spiro atoms. The van der Waals surface area contributed by atoms with E-state index in [0.29, 0.717) is 4.83 Å². The molecule has 1 aliphatic rings. The molecule has 1 saturated heterocycles. The summed E-state index contributed by atoms with van der Waals surface area (Å²) in [4.78, 5) is 0.512. The van der Waals surface area contributed by atoms with E-state index in [4.69, 9.17) is 0 Å². The van der Waals surface area contributed by atoms with Crippen LogP contribution in [0.25, 0.3) is 0 Å². The van der Waals surface area contributed by atoms with Crippen molar-refractivity contribution >= 4 is 15.9 Å². The van der Waals surface area contributed by atoms with E-state index in [0.717, 1.165) is 6.54 Å². The van der Waals surface area contributed by atoms with Gasteiger partial charge in [0.15, 0.2) is 0 Å². The van der Waals surface area contributed by atoms with E-state index in [1.165, 1.54) is 0 Å². The summed E-state index contributed by atoms with van der Waals surface area (Å²) in [6.07, 6.45) is 0. The highest BCUT2D eigenvalue weighted by atomic mass is 79.9. The smallest absolute Gasteiger partial charge is 0.0529 e. The van der Waals surface area contributed by atoms with Crippen LogP contribution in [0.15, 0.2) is 0 Å². The Kier molecular flexibility index (Phi) is 1.45. The molecule has 2 nitrogen and oxygen atoms in total. The van der Waals surface area contributed by atoms with Gasteiger partial charge in [-0.25, -0.2) is 0 Å². The number of halogens is 1. The van der Waals surface area contributed by atoms with Crippen LogP contribution in [0.1, 0.15) is 0 Å². The summed E-state index contributed by atoms with van der Waals surface area (Å²) in [5.74, 6) is 0. The molecule has 6 heavy (non-hydrogen) atoms. The van der Waals surface area contributed by atoms with E-state index in [9.17, 15) is 0 Å². The van der Waals surface area contributed by atoms with Crippen LogP contribution < -0.4 is 10.9 Å². The number of alkyl halides is 1. The zero-order valence-electron chi connectivity index (χ0n) is 3.24. The third-order valence-corrected chi connectivity index (χ3v) is 1.25. The minimum atomic E-state index is 0.512. The van der Waals surface area contributed by atoms with Crippen molar-refractivity contribution in [1.29, 1.82) is 0 Å². The molecule has 3 heteroatoms. The normalized spacial score (nSPS) is 25.5. The largest absolute Gasteiger partial charge is 0.256 e. The average Bonchev–Trinajstić information content (AvgIpc) is 1.86. The molecule has 0 aliphatic carbocycles. The summed E-state index contributed by atoms with van der Waals surface area (Å²) in [6.45, 7) is 2.94. The second-order valence-corrected chi connectivity index (χ2v) is 2.38. The van der Waals surface area contributed by atoms with E-state index >= 15 is 0 Å². The van der Waals surface area contributed by atoms with Gasteiger partial charge in [-0.05, 0) is 0 Å². The summed E-state index contributed by atoms with van der Waals surface area (Å²) in [6, 6.07) is 0. The fourth-order valence-corrected chi connectivity index (χ4v) is 0.659. The highest BCUT2D eigenvalue weighted by Crippen LogP contribution is 2.01. The van der Waals surface area contributed by atoms with Crippen LogP contribution in [0.4, 0.5) is 0 Å². The first-order valence-corrected chi connectivity index (χ1v) is 2.77. The first-order chi connectivity index (χ1) is 2.89. The molecule has 1 rings (SSSR count). The van der Waals surface area contributed by atoms with Gasteiger partial charge < -0.3 is 0 Å². The number of hydrazine groups is 1. The third-order valence-electron chi connectivity index (χ3n) is 0.663. The second-order valence-electron chi connectivity index (χ2n) is 1.21. The predicted molar refractivity (Wildman–Crippen MR) is 28.2 cm³/mol. The van der Waals surface area contributed by atoms with Crippen LogP contribution in [-0.2, 0) is 0 Å². The standard InChI is InChI=1S/C3H6BrN2/c4-3-1-5-6-2-3/h1,3,5-6H,2H2. The molecular weight excluding hydrogens is 144 g/mol. The van der Waals surface area contributed by atoms with Crippen LogP contribution in [0.2, 0.25) is 0 Å². The van der Waals surface area contributed by atoms with Gasteiger partial charge in [0, 0.05) is 11.4 Å². The fraction of sp³-hybridized carbons (Fsp3) is 0.667. The van der Waals surface area contributed by atoms with Crippen LogP contribution in [0, 0.1) is 6.54 Å². The summed E-state index contributed by atoms with van der Waals surface area (Å²) >= 11 is 3.36.